The highest BCUT2D eigenvalue weighted by atomic mass is 35.5. The fourth-order valence-electron chi connectivity index (χ4n) is 1.79. The van der Waals surface area contributed by atoms with E-state index in [2.05, 4.69) is 9.68 Å². The lowest BCUT2D eigenvalue weighted by molar-refractivity contribution is -0.386. The van der Waals surface area contributed by atoms with Gasteiger partial charge in [0.2, 0.25) is 5.76 Å². The summed E-state index contributed by atoms with van der Waals surface area (Å²) in [6.45, 7) is 1.27. The van der Waals surface area contributed by atoms with Crippen LogP contribution in [0.5, 0.6) is 0 Å². The van der Waals surface area contributed by atoms with Crippen LogP contribution in [0, 0.1) is 17.0 Å². The zero-order chi connectivity index (χ0) is 16.5. The number of halogens is 4. The fraction of sp³-hybridized carbons (Fsp3) is 0.154. The van der Waals surface area contributed by atoms with Gasteiger partial charge in [0.1, 0.15) is 0 Å². The predicted molar refractivity (Wildman–Crippen MR) is 73.3 cm³/mol. The molecule has 0 aliphatic carbocycles. The van der Waals surface area contributed by atoms with E-state index in [-0.39, 0.29) is 16.3 Å². The first-order valence-corrected chi connectivity index (χ1v) is 6.23. The Hall–Kier alpha value is -2.35. The Morgan fingerprint density at radius 2 is 1.95 bits per heavy atom. The highest BCUT2D eigenvalue weighted by Gasteiger charge is 2.36. The van der Waals surface area contributed by atoms with Crippen LogP contribution < -0.4 is 0 Å². The molecule has 0 aliphatic heterocycles. The summed E-state index contributed by atoms with van der Waals surface area (Å²) in [6.07, 6.45) is -4.18. The Morgan fingerprint density at radius 1 is 1.36 bits per heavy atom. The van der Waals surface area contributed by atoms with Crippen molar-refractivity contribution < 1.29 is 22.6 Å². The smallest absolute Gasteiger partial charge is 0.349 e. The van der Waals surface area contributed by atoms with Crippen molar-refractivity contribution >= 4 is 28.9 Å². The minimum Gasteiger partial charge on any atom is -0.349 e. The Morgan fingerprint density at radius 3 is 2.45 bits per heavy atom. The van der Waals surface area contributed by atoms with E-state index in [1.807, 2.05) is 0 Å². The van der Waals surface area contributed by atoms with Gasteiger partial charge in [-0.05, 0) is 24.6 Å². The first kappa shape index (κ1) is 16.0. The molecule has 0 bridgehead atoms. The van der Waals surface area contributed by atoms with E-state index in [1.54, 1.807) is 0 Å². The van der Waals surface area contributed by atoms with Crippen LogP contribution >= 0.6 is 11.6 Å². The molecule has 2 rings (SSSR count). The molecular weight excluding hydrogens is 325 g/mol. The molecule has 0 fully saturated rings. The number of nitrogens with zero attached hydrogens (tertiary/aromatic N) is 2. The van der Waals surface area contributed by atoms with E-state index in [9.17, 15) is 23.3 Å². The van der Waals surface area contributed by atoms with Gasteiger partial charge in [0, 0.05) is 11.1 Å². The lowest BCUT2D eigenvalue weighted by atomic mass is 10.0. The third-order valence-corrected chi connectivity index (χ3v) is 3.03. The van der Waals surface area contributed by atoms with Gasteiger partial charge in [-0.2, -0.15) is 13.2 Å². The third kappa shape index (κ3) is 3.28. The first-order chi connectivity index (χ1) is 10.2. The van der Waals surface area contributed by atoms with Crippen LogP contribution in [0.25, 0.3) is 11.6 Å². The quantitative estimate of drug-likeness (QED) is 0.606. The molecule has 1 aromatic heterocycles. The number of hydrogen-bond acceptors (Lipinski definition) is 4. The van der Waals surface area contributed by atoms with E-state index >= 15 is 0 Å². The van der Waals surface area contributed by atoms with Crippen molar-refractivity contribution in [3.8, 4) is 0 Å². The van der Waals surface area contributed by atoms with E-state index in [0.717, 1.165) is 12.1 Å². The number of benzene rings is 1. The number of nitro groups is 1. The SMILES string of the molecule is Cc1noc(C=C(c2ccc(Cl)cc2)C(F)(F)F)c1[N+](=O)[O-]. The number of alkyl halides is 3. The summed E-state index contributed by atoms with van der Waals surface area (Å²) in [6, 6.07) is 4.90. The van der Waals surface area contributed by atoms with Gasteiger partial charge in [0.15, 0.2) is 5.69 Å². The molecule has 5 nitrogen and oxygen atoms in total. The van der Waals surface area contributed by atoms with Crippen LogP contribution in [0.15, 0.2) is 28.8 Å². The van der Waals surface area contributed by atoms with E-state index in [4.69, 9.17) is 11.6 Å². The lowest BCUT2D eigenvalue weighted by Crippen LogP contribution is -2.10. The van der Waals surface area contributed by atoms with Gasteiger partial charge >= 0.3 is 11.9 Å². The molecule has 116 valence electrons. The molecule has 0 saturated heterocycles. The molecule has 0 aliphatic rings. The van der Waals surface area contributed by atoms with Crippen molar-refractivity contribution in [2.75, 3.05) is 0 Å². The van der Waals surface area contributed by atoms with Crippen LogP contribution in [0.3, 0.4) is 0 Å². The van der Waals surface area contributed by atoms with Gasteiger partial charge in [-0.15, -0.1) is 0 Å². The van der Waals surface area contributed by atoms with Crippen molar-refractivity contribution in [2.45, 2.75) is 13.1 Å². The largest absolute Gasteiger partial charge is 0.417 e. The summed E-state index contributed by atoms with van der Waals surface area (Å²) in [4.78, 5) is 10.1. The summed E-state index contributed by atoms with van der Waals surface area (Å²) in [7, 11) is 0. The van der Waals surface area contributed by atoms with Crippen molar-refractivity contribution in [3.05, 3.63) is 56.4 Å². The number of rotatable bonds is 3. The van der Waals surface area contributed by atoms with Gasteiger partial charge < -0.3 is 4.52 Å². The zero-order valence-corrected chi connectivity index (χ0v) is 11.8. The Balaban J connectivity index is 2.60. The molecule has 0 unspecified atom stereocenters. The first-order valence-electron chi connectivity index (χ1n) is 5.85. The van der Waals surface area contributed by atoms with Crippen LogP contribution in [-0.2, 0) is 0 Å². The van der Waals surface area contributed by atoms with Crippen LogP contribution in [-0.4, -0.2) is 16.3 Å². The van der Waals surface area contributed by atoms with Gasteiger partial charge in [-0.3, -0.25) is 10.1 Å². The van der Waals surface area contributed by atoms with Crippen molar-refractivity contribution in [2.24, 2.45) is 0 Å². The summed E-state index contributed by atoms with van der Waals surface area (Å²) in [5.41, 5.74) is -1.99. The molecule has 0 spiro atoms. The van der Waals surface area contributed by atoms with E-state index < -0.39 is 28.1 Å². The second-order valence-corrected chi connectivity index (χ2v) is 4.74. The Bertz CT molecular complexity index is 736. The second-order valence-electron chi connectivity index (χ2n) is 4.30. The number of hydrogen-bond donors (Lipinski definition) is 0. The molecule has 1 heterocycles. The zero-order valence-electron chi connectivity index (χ0n) is 11.0. The maximum absolute atomic E-state index is 13.2. The van der Waals surface area contributed by atoms with Gasteiger partial charge in [0.05, 0.1) is 10.5 Å². The molecule has 0 saturated carbocycles. The summed E-state index contributed by atoms with van der Waals surface area (Å²) in [5.74, 6) is -0.565. The van der Waals surface area contributed by atoms with Crippen molar-refractivity contribution in [3.63, 3.8) is 0 Å². The monoisotopic (exact) mass is 332 g/mol. The summed E-state index contributed by atoms with van der Waals surface area (Å²) < 4.78 is 44.2. The predicted octanol–water partition coefficient (Wildman–Crippen LogP) is 4.65. The summed E-state index contributed by atoms with van der Waals surface area (Å²) in [5, 5.41) is 14.5. The molecule has 2 aromatic rings. The number of allylic oxidation sites excluding steroid dienone is 1. The van der Waals surface area contributed by atoms with E-state index in [0.29, 0.717) is 6.08 Å². The normalized spacial score (nSPS) is 12.5. The highest BCUT2D eigenvalue weighted by Crippen LogP contribution is 2.37. The average Bonchev–Trinajstić information content (AvgIpc) is 2.77. The maximum Gasteiger partial charge on any atom is 0.417 e. The molecule has 0 atom stereocenters. The molecule has 22 heavy (non-hydrogen) atoms. The van der Waals surface area contributed by atoms with Gasteiger partial charge in [-0.1, -0.05) is 28.9 Å². The van der Waals surface area contributed by atoms with Crippen LogP contribution in [0.4, 0.5) is 18.9 Å². The fourth-order valence-corrected chi connectivity index (χ4v) is 1.91. The second kappa shape index (κ2) is 5.80. The van der Waals surface area contributed by atoms with E-state index in [1.165, 1.54) is 19.1 Å². The lowest BCUT2D eigenvalue weighted by Gasteiger charge is -2.11. The van der Waals surface area contributed by atoms with Crippen LogP contribution in [0.1, 0.15) is 17.0 Å². The standard InChI is InChI=1S/C13H8ClF3N2O3/c1-7-12(19(20)21)11(22-18-7)6-10(13(15,16)17)8-2-4-9(14)5-3-8/h2-6H,1H3. The molecule has 0 N–H and O–H groups in total. The molecule has 1 aromatic carbocycles. The van der Waals surface area contributed by atoms with Gasteiger partial charge in [-0.25, -0.2) is 0 Å². The topological polar surface area (TPSA) is 69.2 Å². The molecule has 9 heteroatoms. The number of aryl methyl sites for hydroxylation is 1. The Kier molecular flexibility index (Phi) is 4.23. The Labute approximate surface area is 127 Å². The number of aromatic nitrogens is 1. The summed E-state index contributed by atoms with van der Waals surface area (Å²) >= 11 is 5.64. The van der Waals surface area contributed by atoms with Gasteiger partial charge in [0.25, 0.3) is 0 Å². The van der Waals surface area contributed by atoms with Crippen LogP contribution in [0.2, 0.25) is 5.02 Å². The third-order valence-electron chi connectivity index (χ3n) is 2.78. The maximum atomic E-state index is 13.2. The molecule has 0 amide bonds. The molecular formula is C13H8ClF3N2O3. The minimum absolute atomic E-state index is 0.103. The van der Waals surface area contributed by atoms with Crippen molar-refractivity contribution in [1.82, 2.24) is 5.16 Å². The minimum atomic E-state index is -4.73. The molecule has 0 radical (unpaired) electrons. The van der Waals surface area contributed by atoms with Crippen molar-refractivity contribution in [1.29, 1.82) is 0 Å². The highest BCUT2D eigenvalue weighted by molar-refractivity contribution is 6.30. The average molecular weight is 333 g/mol.